The molecular formula is C26H29N3O11S. The highest BCUT2D eigenvalue weighted by Gasteiger charge is 2.47. The van der Waals surface area contributed by atoms with Crippen molar-refractivity contribution in [2.75, 3.05) is 7.11 Å². The van der Waals surface area contributed by atoms with E-state index in [9.17, 15) is 34.8 Å². The number of carboxylic acids is 2. The number of aliphatic carboxylic acids is 2. The van der Waals surface area contributed by atoms with Crippen LogP contribution in [0.4, 0.5) is 4.79 Å². The number of imidazole rings is 1. The number of methoxy groups -OCH3 is 1. The quantitative estimate of drug-likeness (QED) is 0.190. The van der Waals surface area contributed by atoms with Gasteiger partial charge in [0.05, 0.1) is 18.1 Å². The van der Waals surface area contributed by atoms with Crippen LogP contribution in [-0.4, -0.2) is 95.3 Å². The van der Waals surface area contributed by atoms with Crippen LogP contribution in [-0.2, 0) is 34.4 Å². The van der Waals surface area contributed by atoms with Gasteiger partial charge in [0.15, 0.2) is 12.3 Å². The van der Waals surface area contributed by atoms with Crippen molar-refractivity contribution in [2.24, 2.45) is 7.05 Å². The molecule has 0 radical (unpaired) electrons. The molecule has 1 unspecified atom stereocenters. The first kappa shape index (κ1) is 30.1. The summed E-state index contributed by atoms with van der Waals surface area (Å²) in [7, 11) is 3.46. The molecule has 6 atom stereocenters. The van der Waals surface area contributed by atoms with E-state index in [1.165, 1.54) is 0 Å². The van der Waals surface area contributed by atoms with Gasteiger partial charge in [-0.25, -0.2) is 9.78 Å². The monoisotopic (exact) mass is 591 g/mol. The van der Waals surface area contributed by atoms with Crippen molar-refractivity contribution >= 4 is 40.0 Å². The average molecular weight is 592 g/mol. The van der Waals surface area contributed by atoms with E-state index >= 15 is 0 Å². The standard InChI is InChI=1S/C26H29N3O11S/c1-29-16-10-14(38-2)7-8-15(16)27-18(29)11-39-13-5-3-12(4-6-13)9-17(24(33)34)41-26(37)28-23-21(32)19(30)20(31)22(40-23)25(35)36/h3-8,10,17,19-23,30-32H,9,11H2,1-2H3,(H,28,37)(H,33,34)(H,35,36)/t17?,19-,20-,21+,22-,23+/m0/s1. The Morgan fingerprint density at radius 2 is 1.73 bits per heavy atom. The number of nitrogens with zero attached hydrogens (tertiary/aromatic N) is 2. The topological polar surface area (TPSA) is 210 Å². The first-order chi connectivity index (χ1) is 19.5. The predicted molar refractivity (Wildman–Crippen MR) is 144 cm³/mol. The highest BCUT2D eigenvalue weighted by Crippen LogP contribution is 2.25. The average Bonchev–Trinajstić information content (AvgIpc) is 3.26. The SMILES string of the molecule is COc1ccc2nc(COc3ccc(CC(SC(=O)N[C@@H]4O[C@H](C(=O)O)[C@@H](O)[C@H](O)[C@H]4O)C(=O)O)cc3)n(C)c2c1. The van der Waals surface area contributed by atoms with Gasteiger partial charge in [0, 0.05) is 13.1 Å². The Kier molecular flexibility index (Phi) is 9.35. The summed E-state index contributed by atoms with van der Waals surface area (Å²) in [6, 6.07) is 12.2. The van der Waals surface area contributed by atoms with Crippen LogP contribution >= 0.6 is 11.8 Å². The van der Waals surface area contributed by atoms with Crippen LogP contribution in [0.25, 0.3) is 11.0 Å². The van der Waals surface area contributed by atoms with E-state index in [0.717, 1.165) is 11.0 Å². The molecule has 1 saturated heterocycles. The number of carbonyl (C=O) groups excluding carboxylic acids is 1. The highest BCUT2D eigenvalue weighted by molar-refractivity contribution is 8.14. The molecule has 0 aliphatic carbocycles. The largest absolute Gasteiger partial charge is 0.497 e. The Balaban J connectivity index is 1.34. The first-order valence-electron chi connectivity index (χ1n) is 12.3. The second-order valence-electron chi connectivity index (χ2n) is 9.24. The number of hydrogen-bond acceptors (Lipinski definition) is 11. The number of ether oxygens (including phenoxy) is 3. The zero-order chi connectivity index (χ0) is 29.8. The number of carboxylic acid groups (broad SMARTS) is 2. The number of aliphatic hydroxyl groups is 3. The molecule has 2 heterocycles. The predicted octanol–water partition coefficient (Wildman–Crippen LogP) is 0.492. The first-order valence-corrected chi connectivity index (χ1v) is 13.2. The van der Waals surface area contributed by atoms with Gasteiger partial charge < -0.3 is 49.6 Å². The molecule has 14 nitrogen and oxygen atoms in total. The van der Waals surface area contributed by atoms with Gasteiger partial charge in [-0.2, -0.15) is 0 Å². The Bertz CT molecular complexity index is 1410. The Labute approximate surface area is 237 Å². The molecule has 0 spiro atoms. The molecule has 15 heteroatoms. The second kappa shape index (κ2) is 12.7. The lowest BCUT2D eigenvalue weighted by Crippen LogP contribution is -2.63. The van der Waals surface area contributed by atoms with Crippen LogP contribution in [0.15, 0.2) is 42.5 Å². The number of hydrogen-bond donors (Lipinski definition) is 6. The summed E-state index contributed by atoms with van der Waals surface area (Å²) in [5, 5.41) is 48.5. The number of aromatic nitrogens is 2. The van der Waals surface area contributed by atoms with Crippen LogP contribution in [0.2, 0.25) is 0 Å². The zero-order valence-corrected chi connectivity index (χ0v) is 22.7. The third-order valence-corrected chi connectivity index (χ3v) is 7.52. The molecule has 1 amide bonds. The highest BCUT2D eigenvalue weighted by atomic mass is 32.2. The van der Waals surface area contributed by atoms with Crippen molar-refractivity contribution in [3.8, 4) is 11.5 Å². The van der Waals surface area contributed by atoms with Crippen molar-refractivity contribution in [1.82, 2.24) is 14.9 Å². The normalized spacial score (nSPS) is 23.1. The molecule has 6 N–H and O–H groups in total. The number of thioether (sulfide) groups is 1. The van der Waals surface area contributed by atoms with Crippen LogP contribution < -0.4 is 14.8 Å². The lowest BCUT2D eigenvalue weighted by atomic mass is 9.98. The van der Waals surface area contributed by atoms with Crippen molar-refractivity contribution in [3.63, 3.8) is 0 Å². The molecule has 3 aromatic rings. The summed E-state index contributed by atoms with van der Waals surface area (Å²) < 4.78 is 18.0. The third kappa shape index (κ3) is 6.89. The second-order valence-corrected chi connectivity index (χ2v) is 10.4. The van der Waals surface area contributed by atoms with E-state index in [4.69, 9.17) is 19.3 Å². The van der Waals surface area contributed by atoms with Gasteiger partial charge in [-0.1, -0.05) is 12.1 Å². The third-order valence-electron chi connectivity index (χ3n) is 6.53. The molecule has 4 rings (SSSR count). The molecule has 1 aliphatic rings. The van der Waals surface area contributed by atoms with E-state index in [1.54, 1.807) is 31.4 Å². The van der Waals surface area contributed by atoms with Gasteiger partial charge in [-0.3, -0.25) is 9.59 Å². The maximum Gasteiger partial charge on any atom is 0.335 e. The van der Waals surface area contributed by atoms with E-state index in [2.05, 4.69) is 10.3 Å². The van der Waals surface area contributed by atoms with Crippen LogP contribution in [0.5, 0.6) is 11.5 Å². The van der Waals surface area contributed by atoms with E-state index in [1.807, 2.05) is 29.8 Å². The van der Waals surface area contributed by atoms with E-state index < -0.39 is 53.1 Å². The number of rotatable bonds is 10. The van der Waals surface area contributed by atoms with Crippen molar-refractivity contribution < 1.29 is 54.1 Å². The van der Waals surface area contributed by atoms with Crippen LogP contribution in [0, 0.1) is 0 Å². The molecule has 1 fully saturated rings. The summed E-state index contributed by atoms with van der Waals surface area (Å²) >= 11 is 0.389. The smallest absolute Gasteiger partial charge is 0.335 e. The molecule has 41 heavy (non-hydrogen) atoms. The van der Waals surface area contributed by atoms with Gasteiger partial charge in [0.1, 0.15) is 47.5 Å². The van der Waals surface area contributed by atoms with Gasteiger partial charge in [-0.15, -0.1) is 0 Å². The number of aryl methyl sites for hydroxylation is 1. The fourth-order valence-corrected chi connectivity index (χ4v) is 5.04. The minimum absolute atomic E-state index is 0.0482. The van der Waals surface area contributed by atoms with Crippen molar-refractivity contribution in [3.05, 3.63) is 53.9 Å². The van der Waals surface area contributed by atoms with Crippen LogP contribution in [0.3, 0.4) is 0 Å². The Hall–Kier alpha value is -3.89. The Morgan fingerprint density at radius 1 is 1.05 bits per heavy atom. The summed E-state index contributed by atoms with van der Waals surface area (Å²) in [5.74, 6) is -0.973. The number of nitrogens with one attached hydrogen (secondary N) is 1. The number of fused-ring (bicyclic) bond motifs is 1. The summed E-state index contributed by atoms with van der Waals surface area (Å²) in [5.41, 5.74) is 2.28. The molecule has 2 aromatic carbocycles. The van der Waals surface area contributed by atoms with Gasteiger partial charge in [0.25, 0.3) is 5.24 Å². The zero-order valence-electron chi connectivity index (χ0n) is 21.9. The van der Waals surface area contributed by atoms with E-state index in [0.29, 0.717) is 34.6 Å². The van der Waals surface area contributed by atoms with E-state index in [-0.39, 0.29) is 13.0 Å². The minimum Gasteiger partial charge on any atom is -0.497 e. The summed E-state index contributed by atoms with van der Waals surface area (Å²) in [4.78, 5) is 40.1. The minimum atomic E-state index is -1.92. The molecule has 220 valence electrons. The van der Waals surface area contributed by atoms with Crippen molar-refractivity contribution in [1.29, 1.82) is 0 Å². The number of aliphatic hydroxyl groups excluding tert-OH is 3. The Morgan fingerprint density at radius 3 is 2.37 bits per heavy atom. The molecule has 1 aliphatic heterocycles. The molecule has 0 saturated carbocycles. The molecule has 1 aromatic heterocycles. The maximum absolute atomic E-state index is 12.5. The van der Waals surface area contributed by atoms with Gasteiger partial charge in [-0.05, 0) is 48.0 Å². The fraction of sp³-hybridized carbons (Fsp3) is 0.385. The van der Waals surface area contributed by atoms with Gasteiger partial charge in [0.2, 0.25) is 0 Å². The summed E-state index contributed by atoms with van der Waals surface area (Å²) in [6.07, 6.45) is -9.30. The molecular weight excluding hydrogens is 562 g/mol. The number of carbonyl (C=O) groups is 3. The lowest BCUT2D eigenvalue weighted by Gasteiger charge is -2.38. The van der Waals surface area contributed by atoms with Crippen LogP contribution in [0.1, 0.15) is 11.4 Å². The van der Waals surface area contributed by atoms with Gasteiger partial charge >= 0.3 is 11.9 Å². The number of amides is 1. The lowest BCUT2D eigenvalue weighted by molar-refractivity contribution is -0.230. The van der Waals surface area contributed by atoms with Crippen molar-refractivity contribution in [2.45, 2.75) is 48.9 Å². The summed E-state index contributed by atoms with van der Waals surface area (Å²) in [6.45, 7) is 0.185. The fourth-order valence-electron chi connectivity index (χ4n) is 4.22. The maximum atomic E-state index is 12.5. The number of benzene rings is 2. The molecule has 0 bridgehead atoms.